The van der Waals surface area contributed by atoms with Crippen molar-refractivity contribution in [3.8, 4) is 11.4 Å². The minimum absolute atomic E-state index is 0.406. The van der Waals surface area contributed by atoms with Crippen LogP contribution in [0.25, 0.3) is 0 Å². The summed E-state index contributed by atoms with van der Waals surface area (Å²) in [6.07, 6.45) is 1.57. The van der Waals surface area contributed by atoms with Crippen LogP contribution in [0, 0.1) is 21.9 Å². The summed E-state index contributed by atoms with van der Waals surface area (Å²) in [4.78, 5) is 0. The molecule has 0 amide bonds. The molecule has 0 saturated carbocycles. The second-order valence-corrected chi connectivity index (χ2v) is 5.89. The van der Waals surface area contributed by atoms with E-state index in [1.165, 1.54) is 0 Å². The van der Waals surface area contributed by atoms with E-state index < -0.39 is 8.32 Å². The van der Waals surface area contributed by atoms with Crippen LogP contribution in [0.3, 0.4) is 0 Å². The molecule has 0 radical (unpaired) electrons. The molecule has 0 bridgehead atoms. The maximum atomic E-state index is 8.55. The third-order valence-corrected chi connectivity index (χ3v) is 5.52. The van der Waals surface area contributed by atoms with Gasteiger partial charge in [0.05, 0.1) is 11.4 Å². The number of hydrogen-bond acceptors (Lipinski definition) is 3. The first-order chi connectivity index (χ1) is 4.74. The van der Waals surface area contributed by atoms with Gasteiger partial charge in [0.15, 0.2) is 0 Å². The lowest BCUT2D eigenvalue weighted by molar-refractivity contribution is 0.631. The van der Waals surface area contributed by atoms with Crippen molar-refractivity contribution in [2.45, 2.75) is 6.04 Å². The first kappa shape index (κ1) is 9.11. The van der Waals surface area contributed by atoms with E-state index in [0.717, 1.165) is 0 Å². The summed E-state index contributed by atoms with van der Waals surface area (Å²) in [5.41, 5.74) is 3.87. The molecule has 5 heteroatoms. The van der Waals surface area contributed by atoms with Gasteiger partial charge in [-0.05, 0) is 0 Å². The van der Waals surface area contributed by atoms with Gasteiger partial charge in [0.1, 0.15) is 10.5 Å². The van der Waals surface area contributed by atoms with Gasteiger partial charge in [-0.1, -0.05) is 6.08 Å². The monoisotopic (exact) mass is 168 g/mol. The normalized spacial score (nSPS) is 9.80. The molecule has 0 aromatic carbocycles. The van der Waals surface area contributed by atoms with Crippen molar-refractivity contribution >= 4 is 18.8 Å². The SMILES string of the molecule is C=CC[Si](C#N)(C#N)O[SiH3]. The maximum absolute atomic E-state index is 8.55. The number of hydrogen-bond donors (Lipinski definition) is 0. The summed E-state index contributed by atoms with van der Waals surface area (Å²) >= 11 is 0. The second kappa shape index (κ2) is 4.01. The van der Waals surface area contributed by atoms with Crippen molar-refractivity contribution < 1.29 is 4.12 Å². The van der Waals surface area contributed by atoms with Crippen molar-refractivity contribution in [2.75, 3.05) is 0 Å². The molecule has 0 saturated heterocycles. The number of rotatable bonds is 3. The Morgan fingerprint density at radius 1 is 1.60 bits per heavy atom. The fourth-order valence-corrected chi connectivity index (χ4v) is 2.53. The predicted octanol–water partition coefficient (Wildman–Crippen LogP) is -0.460. The quantitative estimate of drug-likeness (QED) is 0.423. The highest BCUT2D eigenvalue weighted by Gasteiger charge is 2.33. The third-order valence-electron chi connectivity index (χ3n) is 1.14. The highest BCUT2D eigenvalue weighted by molar-refractivity contribution is 6.90. The van der Waals surface area contributed by atoms with Gasteiger partial charge in [-0.25, -0.2) is 10.5 Å². The van der Waals surface area contributed by atoms with Crippen LogP contribution in [-0.4, -0.2) is 18.8 Å². The molecule has 3 nitrogen and oxygen atoms in total. The lowest BCUT2D eigenvalue weighted by Crippen LogP contribution is -2.33. The van der Waals surface area contributed by atoms with Crippen molar-refractivity contribution in [3.63, 3.8) is 0 Å². The lowest BCUT2D eigenvalue weighted by Gasteiger charge is -2.09. The number of allylic oxidation sites excluding steroid dienone is 1. The molecule has 0 rings (SSSR count). The van der Waals surface area contributed by atoms with Gasteiger partial charge in [0, 0.05) is 6.04 Å². The van der Waals surface area contributed by atoms with E-state index in [1.54, 1.807) is 6.08 Å². The molecule has 10 heavy (non-hydrogen) atoms. The number of nitrogens with zero attached hydrogens (tertiary/aromatic N) is 2. The van der Waals surface area contributed by atoms with Gasteiger partial charge >= 0.3 is 8.32 Å². The second-order valence-electron chi connectivity index (χ2n) is 1.75. The van der Waals surface area contributed by atoms with Crippen LogP contribution in [0.5, 0.6) is 0 Å². The molecule has 0 aliphatic rings. The lowest BCUT2D eigenvalue weighted by atomic mass is 10.8. The molecule has 0 heterocycles. The van der Waals surface area contributed by atoms with E-state index in [1.807, 2.05) is 11.4 Å². The summed E-state index contributed by atoms with van der Waals surface area (Å²) in [6.45, 7) is 3.46. The summed E-state index contributed by atoms with van der Waals surface area (Å²) in [5, 5.41) is 17.1. The predicted molar refractivity (Wildman–Crippen MR) is 43.0 cm³/mol. The Morgan fingerprint density at radius 2 is 2.10 bits per heavy atom. The van der Waals surface area contributed by atoms with Crippen LogP contribution >= 0.6 is 0 Å². The molecular weight excluding hydrogens is 160 g/mol. The third kappa shape index (κ3) is 1.81. The van der Waals surface area contributed by atoms with Crippen LogP contribution in [0.4, 0.5) is 0 Å². The Balaban J connectivity index is 4.38. The Labute approximate surface area is 64.2 Å². The van der Waals surface area contributed by atoms with Gasteiger partial charge in [0.25, 0.3) is 0 Å². The van der Waals surface area contributed by atoms with Crippen LogP contribution in [0.1, 0.15) is 0 Å². The number of nitriles is 2. The summed E-state index contributed by atoms with van der Waals surface area (Å²) in [6, 6.07) is 0.406. The van der Waals surface area contributed by atoms with Gasteiger partial charge in [-0.2, -0.15) is 0 Å². The maximum Gasteiger partial charge on any atom is 0.408 e. The molecule has 0 fully saturated rings. The van der Waals surface area contributed by atoms with Crippen LogP contribution in [0.15, 0.2) is 12.7 Å². The fourth-order valence-electron chi connectivity index (χ4n) is 0.494. The van der Waals surface area contributed by atoms with E-state index >= 15 is 0 Å². The highest BCUT2D eigenvalue weighted by atomic mass is 28.4. The summed E-state index contributed by atoms with van der Waals surface area (Å²) in [5.74, 6) is 0. The largest absolute Gasteiger partial charge is 0.444 e. The summed E-state index contributed by atoms with van der Waals surface area (Å²) in [7, 11) is -2.21. The van der Waals surface area contributed by atoms with E-state index in [2.05, 4.69) is 6.58 Å². The Bertz CT molecular complexity index is 189. The van der Waals surface area contributed by atoms with E-state index in [-0.39, 0.29) is 0 Å². The van der Waals surface area contributed by atoms with Gasteiger partial charge in [0.2, 0.25) is 0 Å². The van der Waals surface area contributed by atoms with Crippen molar-refractivity contribution in [1.29, 1.82) is 10.5 Å². The van der Waals surface area contributed by atoms with E-state index in [9.17, 15) is 0 Å². The zero-order valence-corrected chi connectivity index (χ0v) is 8.79. The molecule has 52 valence electrons. The molecule has 0 N–H and O–H groups in total. The molecular formula is C5H8N2OSi2. The molecule has 0 aliphatic heterocycles. The fraction of sp³-hybridized carbons (Fsp3) is 0.200. The van der Waals surface area contributed by atoms with E-state index in [4.69, 9.17) is 14.6 Å². The zero-order chi connectivity index (χ0) is 8.04. The van der Waals surface area contributed by atoms with Crippen LogP contribution in [-0.2, 0) is 4.12 Å². The smallest absolute Gasteiger partial charge is 0.408 e. The Kier molecular flexibility index (Phi) is 3.66. The minimum atomic E-state index is -2.66. The summed E-state index contributed by atoms with van der Waals surface area (Å²) < 4.78 is 4.96. The van der Waals surface area contributed by atoms with Crippen molar-refractivity contribution in [1.82, 2.24) is 0 Å². The van der Waals surface area contributed by atoms with Gasteiger partial charge < -0.3 is 4.12 Å². The molecule has 0 aliphatic carbocycles. The van der Waals surface area contributed by atoms with E-state index in [0.29, 0.717) is 16.5 Å². The molecule has 0 aromatic rings. The van der Waals surface area contributed by atoms with Crippen molar-refractivity contribution in [2.24, 2.45) is 0 Å². The zero-order valence-electron chi connectivity index (χ0n) is 5.79. The highest BCUT2D eigenvalue weighted by Crippen LogP contribution is 2.07. The first-order valence-electron chi connectivity index (χ1n) is 2.73. The van der Waals surface area contributed by atoms with Crippen LogP contribution in [0.2, 0.25) is 6.04 Å². The molecule has 0 atom stereocenters. The average Bonchev–Trinajstić information content (AvgIpc) is 2.01. The topological polar surface area (TPSA) is 56.8 Å². The standard InChI is InChI=1S/C5H8N2OSi2/c1-2-3-10(4-6,5-7)8-9/h2H,1,3H2,9H3. The Hall–Kier alpha value is -0.886. The average molecular weight is 168 g/mol. The van der Waals surface area contributed by atoms with Gasteiger partial charge in [-0.15, -0.1) is 6.58 Å². The van der Waals surface area contributed by atoms with Crippen molar-refractivity contribution in [3.05, 3.63) is 12.7 Å². The molecule has 0 unspecified atom stereocenters. The Morgan fingerprint density at radius 3 is 2.20 bits per heavy atom. The molecule has 0 spiro atoms. The minimum Gasteiger partial charge on any atom is -0.444 e. The van der Waals surface area contributed by atoms with Crippen LogP contribution < -0.4 is 0 Å². The first-order valence-corrected chi connectivity index (χ1v) is 5.66. The van der Waals surface area contributed by atoms with Gasteiger partial charge in [-0.3, -0.25) is 0 Å². The molecule has 0 aromatic heterocycles.